The van der Waals surface area contributed by atoms with Crippen molar-refractivity contribution in [2.75, 3.05) is 6.54 Å². The maximum atomic E-state index is 12.6. The summed E-state index contributed by atoms with van der Waals surface area (Å²) in [5.74, 6) is -1.46. The summed E-state index contributed by atoms with van der Waals surface area (Å²) in [5.41, 5.74) is 7.03. The first-order valence-corrected chi connectivity index (χ1v) is 11.2. The molecule has 5 N–H and O–H groups in total. The summed E-state index contributed by atoms with van der Waals surface area (Å²) in [6.45, 7) is 1.68. The van der Waals surface area contributed by atoms with Gasteiger partial charge in [-0.15, -0.1) is 0 Å². The Bertz CT molecular complexity index is 1110. The molecule has 3 rings (SSSR count). The lowest BCUT2D eigenvalue weighted by Gasteiger charge is -2.11. The Kier molecular flexibility index (Phi) is 6.71. The zero-order chi connectivity index (χ0) is 22.6. The quantitative estimate of drug-likeness (QED) is 0.447. The molecule has 1 fully saturated rings. The Morgan fingerprint density at radius 2 is 1.68 bits per heavy atom. The van der Waals surface area contributed by atoms with Gasteiger partial charge in [-0.25, -0.2) is 13.1 Å². The van der Waals surface area contributed by atoms with E-state index in [1.807, 2.05) is 0 Å². The molecule has 0 bridgehead atoms. The van der Waals surface area contributed by atoms with Gasteiger partial charge in [-0.2, -0.15) is 0 Å². The predicted molar refractivity (Wildman–Crippen MR) is 114 cm³/mol. The van der Waals surface area contributed by atoms with E-state index in [1.54, 1.807) is 37.3 Å². The molecule has 10 heteroatoms. The number of rotatable bonds is 9. The molecule has 0 heterocycles. The lowest BCUT2D eigenvalue weighted by Crippen LogP contribution is -2.33. The summed E-state index contributed by atoms with van der Waals surface area (Å²) >= 11 is 0. The molecule has 0 spiro atoms. The third-order valence-electron chi connectivity index (χ3n) is 4.76. The number of primary amides is 1. The average Bonchev–Trinajstić information content (AvgIpc) is 3.54. The second-order valence-corrected chi connectivity index (χ2v) is 9.11. The van der Waals surface area contributed by atoms with Crippen LogP contribution in [-0.4, -0.2) is 38.7 Å². The molecule has 0 radical (unpaired) electrons. The van der Waals surface area contributed by atoms with Crippen molar-refractivity contribution in [2.45, 2.75) is 37.2 Å². The van der Waals surface area contributed by atoms with E-state index < -0.39 is 27.7 Å². The SMILES string of the molecule is Cc1ccc(S(=O)(=O)NC2CC2)cc1C(=O)NCc1ccc(C(=O)NCC(N)=O)cc1. The van der Waals surface area contributed by atoms with Crippen LogP contribution >= 0.6 is 0 Å². The maximum absolute atomic E-state index is 12.6. The number of hydrogen-bond acceptors (Lipinski definition) is 5. The number of carbonyl (C=O) groups is 3. The zero-order valence-corrected chi connectivity index (χ0v) is 17.8. The van der Waals surface area contributed by atoms with Gasteiger partial charge in [0.15, 0.2) is 0 Å². The largest absolute Gasteiger partial charge is 0.368 e. The van der Waals surface area contributed by atoms with Crippen LogP contribution in [0.3, 0.4) is 0 Å². The van der Waals surface area contributed by atoms with Crippen molar-refractivity contribution in [3.8, 4) is 0 Å². The van der Waals surface area contributed by atoms with Crippen molar-refractivity contribution in [2.24, 2.45) is 5.73 Å². The Labute approximate surface area is 180 Å². The molecule has 0 unspecified atom stereocenters. The highest BCUT2D eigenvalue weighted by Crippen LogP contribution is 2.23. The van der Waals surface area contributed by atoms with Gasteiger partial charge < -0.3 is 16.4 Å². The fraction of sp³-hybridized carbons (Fsp3) is 0.286. The van der Waals surface area contributed by atoms with E-state index in [4.69, 9.17) is 5.73 Å². The van der Waals surface area contributed by atoms with Crippen LogP contribution in [0, 0.1) is 6.92 Å². The second kappa shape index (κ2) is 9.27. The van der Waals surface area contributed by atoms with Gasteiger partial charge in [0.1, 0.15) is 0 Å². The predicted octanol–water partition coefficient (Wildman–Crippen LogP) is 0.581. The van der Waals surface area contributed by atoms with Gasteiger partial charge in [0, 0.05) is 23.7 Å². The van der Waals surface area contributed by atoms with E-state index in [-0.39, 0.29) is 29.6 Å². The van der Waals surface area contributed by atoms with Crippen LogP contribution < -0.4 is 21.1 Å². The van der Waals surface area contributed by atoms with E-state index in [0.717, 1.165) is 18.4 Å². The summed E-state index contributed by atoms with van der Waals surface area (Å²) in [7, 11) is -3.66. The lowest BCUT2D eigenvalue weighted by atomic mass is 10.1. The van der Waals surface area contributed by atoms with Crippen LogP contribution in [0.4, 0.5) is 0 Å². The topological polar surface area (TPSA) is 147 Å². The summed E-state index contributed by atoms with van der Waals surface area (Å²) < 4.78 is 27.4. The molecular weight excluding hydrogens is 420 g/mol. The number of aryl methyl sites for hydroxylation is 1. The first-order chi connectivity index (χ1) is 14.7. The molecule has 1 aliphatic carbocycles. The Hall–Kier alpha value is -3.24. The van der Waals surface area contributed by atoms with Gasteiger partial charge in [-0.3, -0.25) is 14.4 Å². The first kappa shape index (κ1) is 22.4. The van der Waals surface area contributed by atoms with Crippen LogP contribution in [0.5, 0.6) is 0 Å². The average molecular weight is 445 g/mol. The number of carbonyl (C=O) groups excluding carboxylic acids is 3. The number of hydrogen-bond donors (Lipinski definition) is 4. The fourth-order valence-electron chi connectivity index (χ4n) is 2.82. The second-order valence-electron chi connectivity index (χ2n) is 7.40. The van der Waals surface area contributed by atoms with Crippen LogP contribution in [0.15, 0.2) is 47.4 Å². The minimum absolute atomic E-state index is 0.0237. The van der Waals surface area contributed by atoms with Crippen LogP contribution in [0.2, 0.25) is 0 Å². The van der Waals surface area contributed by atoms with Crippen molar-refractivity contribution in [3.05, 3.63) is 64.7 Å². The lowest BCUT2D eigenvalue weighted by molar-refractivity contribution is -0.117. The van der Waals surface area contributed by atoms with Gasteiger partial charge >= 0.3 is 0 Å². The molecule has 164 valence electrons. The Morgan fingerprint density at radius 1 is 1.00 bits per heavy atom. The highest BCUT2D eigenvalue weighted by molar-refractivity contribution is 7.89. The van der Waals surface area contributed by atoms with E-state index in [0.29, 0.717) is 11.1 Å². The molecule has 0 aromatic heterocycles. The number of nitrogens with two attached hydrogens (primary N) is 1. The summed E-state index contributed by atoms with van der Waals surface area (Å²) in [4.78, 5) is 35.3. The van der Waals surface area contributed by atoms with Crippen molar-refractivity contribution >= 4 is 27.7 Å². The molecule has 2 aromatic rings. The van der Waals surface area contributed by atoms with Crippen molar-refractivity contribution in [3.63, 3.8) is 0 Å². The highest BCUT2D eigenvalue weighted by atomic mass is 32.2. The molecule has 0 aliphatic heterocycles. The summed E-state index contributed by atoms with van der Waals surface area (Å²) in [5, 5.41) is 5.15. The van der Waals surface area contributed by atoms with E-state index in [1.165, 1.54) is 12.1 Å². The molecule has 2 aromatic carbocycles. The van der Waals surface area contributed by atoms with Crippen LogP contribution in [-0.2, 0) is 21.4 Å². The number of sulfonamides is 1. The smallest absolute Gasteiger partial charge is 0.251 e. The molecule has 31 heavy (non-hydrogen) atoms. The van der Waals surface area contributed by atoms with Crippen LogP contribution in [0.25, 0.3) is 0 Å². The number of nitrogens with one attached hydrogen (secondary N) is 3. The first-order valence-electron chi connectivity index (χ1n) is 9.72. The van der Waals surface area contributed by atoms with Crippen molar-refractivity contribution < 1.29 is 22.8 Å². The molecule has 3 amide bonds. The molecular formula is C21H24N4O5S. The van der Waals surface area contributed by atoms with Gasteiger partial charge in [-0.05, 0) is 55.2 Å². The molecule has 1 saturated carbocycles. The molecule has 0 atom stereocenters. The third-order valence-corrected chi connectivity index (χ3v) is 6.27. The molecule has 9 nitrogen and oxygen atoms in total. The van der Waals surface area contributed by atoms with E-state index in [9.17, 15) is 22.8 Å². The van der Waals surface area contributed by atoms with Crippen molar-refractivity contribution in [1.29, 1.82) is 0 Å². The van der Waals surface area contributed by atoms with Gasteiger partial charge in [0.25, 0.3) is 11.8 Å². The van der Waals surface area contributed by atoms with Gasteiger partial charge in [0.2, 0.25) is 15.9 Å². The Balaban J connectivity index is 1.63. The number of amides is 3. The molecule has 0 saturated heterocycles. The van der Waals surface area contributed by atoms with E-state index >= 15 is 0 Å². The Morgan fingerprint density at radius 3 is 2.29 bits per heavy atom. The third kappa shape index (κ3) is 6.12. The normalized spacial score (nSPS) is 13.5. The monoisotopic (exact) mass is 444 g/mol. The standard InChI is InChI=1S/C21H24N4O5S/c1-13-2-9-17(31(29,30)25-16-7-8-16)10-18(13)21(28)23-11-14-3-5-15(6-4-14)20(27)24-12-19(22)26/h2-6,9-10,16,25H,7-8,11-12H2,1H3,(H2,22,26)(H,23,28)(H,24,27). The maximum Gasteiger partial charge on any atom is 0.251 e. The highest BCUT2D eigenvalue weighted by Gasteiger charge is 2.28. The minimum atomic E-state index is -3.66. The molecule has 1 aliphatic rings. The fourth-order valence-corrected chi connectivity index (χ4v) is 4.15. The minimum Gasteiger partial charge on any atom is -0.368 e. The summed E-state index contributed by atoms with van der Waals surface area (Å²) in [6.07, 6.45) is 1.65. The van der Waals surface area contributed by atoms with Gasteiger partial charge in [-0.1, -0.05) is 18.2 Å². The summed E-state index contributed by atoms with van der Waals surface area (Å²) in [6, 6.07) is 10.9. The number of benzene rings is 2. The van der Waals surface area contributed by atoms with E-state index in [2.05, 4.69) is 15.4 Å². The zero-order valence-electron chi connectivity index (χ0n) is 17.0. The van der Waals surface area contributed by atoms with Crippen LogP contribution in [0.1, 0.15) is 44.7 Å². The van der Waals surface area contributed by atoms with Gasteiger partial charge in [0.05, 0.1) is 11.4 Å². The van der Waals surface area contributed by atoms with Crippen molar-refractivity contribution in [1.82, 2.24) is 15.4 Å².